The van der Waals surface area contributed by atoms with Crippen molar-refractivity contribution >= 4 is 5.82 Å². The highest BCUT2D eigenvalue weighted by atomic mass is 16.7. The van der Waals surface area contributed by atoms with Crippen LogP contribution in [0.1, 0.15) is 64.4 Å². The van der Waals surface area contributed by atoms with Crippen molar-refractivity contribution in [2.24, 2.45) is 0 Å². The zero-order valence-electron chi connectivity index (χ0n) is 18.9. The molecule has 0 saturated carbocycles. The Hall–Kier alpha value is -2.37. The van der Waals surface area contributed by atoms with Gasteiger partial charge in [0.25, 0.3) is 0 Å². The SMILES string of the molecule is CCCCCCCCCOC(C)[C@H]1C=CN(c2cc(OCc3ccccc3)ccn2)O1. The molecule has 5 nitrogen and oxygen atoms in total. The lowest BCUT2D eigenvalue weighted by Crippen LogP contribution is -2.29. The van der Waals surface area contributed by atoms with E-state index in [0.29, 0.717) is 12.4 Å². The van der Waals surface area contributed by atoms with Crippen molar-refractivity contribution in [3.63, 3.8) is 0 Å². The van der Waals surface area contributed by atoms with E-state index in [4.69, 9.17) is 14.3 Å². The Balaban J connectivity index is 1.37. The molecule has 31 heavy (non-hydrogen) atoms. The molecule has 168 valence electrons. The molecule has 0 N–H and O–H groups in total. The molecule has 1 aliphatic rings. The summed E-state index contributed by atoms with van der Waals surface area (Å²) in [4.78, 5) is 10.4. The van der Waals surface area contributed by atoms with Gasteiger partial charge in [-0.1, -0.05) is 75.8 Å². The summed E-state index contributed by atoms with van der Waals surface area (Å²) in [7, 11) is 0. The molecule has 5 heteroatoms. The molecule has 2 aromatic rings. The number of benzene rings is 1. The van der Waals surface area contributed by atoms with Crippen molar-refractivity contribution in [2.45, 2.75) is 77.6 Å². The second kappa shape index (κ2) is 13.1. The molecule has 2 atom stereocenters. The molecule has 1 aliphatic heterocycles. The van der Waals surface area contributed by atoms with Crippen molar-refractivity contribution in [3.05, 3.63) is 66.5 Å². The van der Waals surface area contributed by atoms with Crippen LogP contribution < -0.4 is 9.80 Å². The summed E-state index contributed by atoms with van der Waals surface area (Å²) in [5.74, 6) is 1.46. The van der Waals surface area contributed by atoms with E-state index in [1.807, 2.05) is 54.7 Å². The van der Waals surface area contributed by atoms with E-state index in [0.717, 1.165) is 24.3 Å². The van der Waals surface area contributed by atoms with Gasteiger partial charge < -0.3 is 9.47 Å². The molecule has 3 rings (SSSR count). The smallest absolute Gasteiger partial charge is 0.160 e. The van der Waals surface area contributed by atoms with Crippen LogP contribution in [0.15, 0.2) is 60.9 Å². The van der Waals surface area contributed by atoms with E-state index >= 15 is 0 Å². The predicted molar refractivity (Wildman–Crippen MR) is 125 cm³/mol. The van der Waals surface area contributed by atoms with Crippen LogP contribution in [0.4, 0.5) is 5.82 Å². The van der Waals surface area contributed by atoms with Gasteiger partial charge in [0.15, 0.2) is 5.82 Å². The maximum absolute atomic E-state index is 6.03. The number of anilines is 1. The molecule has 1 unspecified atom stereocenters. The zero-order chi connectivity index (χ0) is 21.7. The van der Waals surface area contributed by atoms with Crippen LogP contribution in [0.25, 0.3) is 0 Å². The number of nitrogens with zero attached hydrogens (tertiary/aromatic N) is 2. The van der Waals surface area contributed by atoms with Crippen molar-refractivity contribution in [1.29, 1.82) is 0 Å². The van der Waals surface area contributed by atoms with Crippen LogP contribution in [0.5, 0.6) is 5.75 Å². The molecule has 0 amide bonds. The lowest BCUT2D eigenvalue weighted by Gasteiger charge is -2.22. The highest BCUT2D eigenvalue weighted by Crippen LogP contribution is 2.25. The van der Waals surface area contributed by atoms with Gasteiger partial charge in [0.05, 0.1) is 6.10 Å². The van der Waals surface area contributed by atoms with E-state index in [2.05, 4.69) is 18.8 Å². The van der Waals surface area contributed by atoms with Gasteiger partial charge in [-0.15, -0.1) is 0 Å². The van der Waals surface area contributed by atoms with Crippen molar-refractivity contribution in [1.82, 2.24) is 4.98 Å². The molecule has 0 fully saturated rings. The molecule has 0 radical (unpaired) electrons. The van der Waals surface area contributed by atoms with Crippen molar-refractivity contribution in [3.8, 4) is 5.75 Å². The fourth-order valence-electron chi connectivity index (χ4n) is 3.51. The molecule has 0 saturated heterocycles. The lowest BCUT2D eigenvalue weighted by atomic mass is 10.1. The first-order chi connectivity index (χ1) is 15.3. The Bertz CT molecular complexity index is 781. The number of rotatable bonds is 14. The van der Waals surface area contributed by atoms with Gasteiger partial charge in [0.1, 0.15) is 18.5 Å². The standard InChI is InChI=1S/C26H36N2O3/c1-3-4-5-6-7-8-12-19-29-22(2)25-16-18-28(31-25)26-20-24(15-17-27-26)30-21-23-13-10-9-11-14-23/h9-11,13-18,20,22,25H,3-8,12,19,21H2,1-2H3/t22?,25-/m1/s1. The van der Waals surface area contributed by atoms with E-state index in [-0.39, 0.29) is 12.2 Å². The van der Waals surface area contributed by atoms with E-state index in [9.17, 15) is 0 Å². The fourth-order valence-corrected chi connectivity index (χ4v) is 3.51. The van der Waals surface area contributed by atoms with Crippen molar-refractivity contribution < 1.29 is 14.3 Å². The first-order valence-corrected chi connectivity index (χ1v) is 11.6. The largest absolute Gasteiger partial charge is 0.489 e. The van der Waals surface area contributed by atoms with Gasteiger partial charge in [0, 0.05) is 25.1 Å². The first-order valence-electron chi connectivity index (χ1n) is 11.6. The summed E-state index contributed by atoms with van der Waals surface area (Å²) in [6.07, 6.45) is 14.6. The highest BCUT2D eigenvalue weighted by molar-refractivity contribution is 5.45. The average molecular weight is 425 g/mol. The Kier molecular flexibility index (Phi) is 9.87. The summed E-state index contributed by atoms with van der Waals surface area (Å²) in [6, 6.07) is 13.9. The maximum atomic E-state index is 6.03. The highest BCUT2D eigenvalue weighted by Gasteiger charge is 2.25. The third kappa shape index (κ3) is 8.00. The molecular weight excluding hydrogens is 388 g/mol. The molecule has 0 aliphatic carbocycles. The summed E-state index contributed by atoms with van der Waals surface area (Å²) in [5.41, 5.74) is 1.13. The lowest BCUT2D eigenvalue weighted by molar-refractivity contribution is -0.0364. The van der Waals surface area contributed by atoms with Crippen molar-refractivity contribution in [2.75, 3.05) is 11.7 Å². The Morgan fingerprint density at radius 3 is 2.61 bits per heavy atom. The Labute approximate surface area is 187 Å². The monoisotopic (exact) mass is 424 g/mol. The number of pyridine rings is 1. The molecule has 2 heterocycles. The third-order valence-electron chi connectivity index (χ3n) is 5.43. The van der Waals surface area contributed by atoms with Crippen LogP contribution in [0.2, 0.25) is 0 Å². The number of unbranched alkanes of at least 4 members (excludes halogenated alkanes) is 6. The minimum Gasteiger partial charge on any atom is -0.489 e. The van der Waals surface area contributed by atoms with Gasteiger partial charge in [-0.2, -0.15) is 0 Å². The minimum atomic E-state index is -0.111. The predicted octanol–water partition coefficient (Wildman–Crippen LogP) is 6.45. The van der Waals surface area contributed by atoms with Crippen LogP contribution in [0, 0.1) is 0 Å². The number of aromatic nitrogens is 1. The van der Waals surface area contributed by atoms with Gasteiger partial charge >= 0.3 is 0 Å². The Morgan fingerprint density at radius 1 is 1.03 bits per heavy atom. The second-order valence-corrected chi connectivity index (χ2v) is 8.06. The fraction of sp³-hybridized carbons (Fsp3) is 0.500. The van der Waals surface area contributed by atoms with Gasteiger partial charge in [-0.25, -0.2) is 10.0 Å². The molecule has 1 aromatic carbocycles. The first kappa shape index (κ1) is 23.3. The number of hydrogen-bond donors (Lipinski definition) is 0. The summed E-state index contributed by atoms with van der Waals surface area (Å²) in [5, 5.41) is 1.69. The average Bonchev–Trinajstić information content (AvgIpc) is 3.31. The second-order valence-electron chi connectivity index (χ2n) is 8.06. The minimum absolute atomic E-state index is 0.00106. The Morgan fingerprint density at radius 2 is 1.81 bits per heavy atom. The van der Waals surface area contributed by atoms with Crippen LogP contribution in [-0.4, -0.2) is 23.8 Å². The molecular formula is C26H36N2O3. The summed E-state index contributed by atoms with van der Waals surface area (Å²) >= 11 is 0. The summed E-state index contributed by atoms with van der Waals surface area (Å²) in [6.45, 7) is 5.62. The van der Waals surface area contributed by atoms with Crippen LogP contribution in [-0.2, 0) is 16.2 Å². The number of hydrogen-bond acceptors (Lipinski definition) is 5. The maximum Gasteiger partial charge on any atom is 0.160 e. The van der Waals surface area contributed by atoms with E-state index in [1.165, 1.54) is 38.5 Å². The van der Waals surface area contributed by atoms with Gasteiger partial charge in [-0.3, -0.25) is 4.84 Å². The topological polar surface area (TPSA) is 43.8 Å². The number of hydroxylamine groups is 1. The van der Waals surface area contributed by atoms with Gasteiger partial charge in [0.2, 0.25) is 0 Å². The van der Waals surface area contributed by atoms with E-state index < -0.39 is 0 Å². The molecule has 0 bridgehead atoms. The summed E-state index contributed by atoms with van der Waals surface area (Å²) < 4.78 is 11.9. The van der Waals surface area contributed by atoms with E-state index in [1.54, 1.807) is 11.3 Å². The number of ether oxygens (including phenoxy) is 2. The van der Waals surface area contributed by atoms with Gasteiger partial charge in [-0.05, 0) is 31.1 Å². The molecule has 0 spiro atoms. The normalized spacial score (nSPS) is 16.6. The third-order valence-corrected chi connectivity index (χ3v) is 5.43. The zero-order valence-corrected chi connectivity index (χ0v) is 18.9. The molecule has 1 aromatic heterocycles. The quantitative estimate of drug-likeness (QED) is 0.326. The van der Waals surface area contributed by atoms with Crippen LogP contribution in [0.3, 0.4) is 0 Å². The van der Waals surface area contributed by atoms with Crippen LogP contribution >= 0.6 is 0 Å².